The van der Waals surface area contributed by atoms with Crippen LogP contribution >= 0.6 is 34.7 Å². The maximum atomic E-state index is 12.9. The van der Waals surface area contributed by atoms with Crippen molar-refractivity contribution in [2.75, 3.05) is 17.6 Å². The number of anilines is 1. The highest BCUT2D eigenvalue weighted by Crippen LogP contribution is 2.29. The fourth-order valence-electron chi connectivity index (χ4n) is 2.66. The Morgan fingerprint density at radius 3 is 2.81 bits per heavy atom. The summed E-state index contributed by atoms with van der Waals surface area (Å²) < 4.78 is 27.8. The molecule has 1 aliphatic rings. The molecule has 2 heterocycles. The van der Waals surface area contributed by atoms with Crippen LogP contribution in [0.3, 0.4) is 0 Å². The molecule has 1 saturated heterocycles. The van der Waals surface area contributed by atoms with E-state index >= 15 is 0 Å². The van der Waals surface area contributed by atoms with Gasteiger partial charge >= 0.3 is 0 Å². The zero-order chi connectivity index (χ0) is 18.7. The number of sulfonamides is 1. The minimum Gasteiger partial charge on any atom is -0.299 e. The van der Waals surface area contributed by atoms with Gasteiger partial charge in [0.1, 0.15) is 6.04 Å². The van der Waals surface area contributed by atoms with Gasteiger partial charge in [0.15, 0.2) is 4.34 Å². The molecule has 1 aliphatic heterocycles. The van der Waals surface area contributed by atoms with Crippen molar-refractivity contribution >= 4 is 55.8 Å². The average molecular weight is 433 g/mol. The quantitative estimate of drug-likeness (QED) is 0.557. The predicted molar refractivity (Wildman–Crippen MR) is 103 cm³/mol. The Balaban J connectivity index is 1.76. The van der Waals surface area contributed by atoms with E-state index in [1.54, 1.807) is 0 Å². The zero-order valence-corrected chi connectivity index (χ0v) is 17.1. The van der Waals surface area contributed by atoms with E-state index < -0.39 is 16.1 Å². The molecule has 0 aliphatic carbocycles. The van der Waals surface area contributed by atoms with Crippen molar-refractivity contribution in [3.63, 3.8) is 0 Å². The van der Waals surface area contributed by atoms with Gasteiger partial charge in [-0.3, -0.25) is 10.1 Å². The van der Waals surface area contributed by atoms with Gasteiger partial charge in [0.05, 0.1) is 4.90 Å². The lowest BCUT2D eigenvalue weighted by atomic mass is 10.2. The highest BCUT2D eigenvalue weighted by atomic mass is 35.5. The number of nitrogens with zero attached hydrogens (tertiary/aromatic N) is 3. The van der Waals surface area contributed by atoms with Crippen molar-refractivity contribution in [3.8, 4) is 0 Å². The molecule has 1 aromatic carbocycles. The van der Waals surface area contributed by atoms with Crippen LogP contribution in [0.4, 0.5) is 5.13 Å². The van der Waals surface area contributed by atoms with Crippen LogP contribution in [0, 0.1) is 0 Å². The molecule has 1 fully saturated rings. The number of amides is 1. The van der Waals surface area contributed by atoms with E-state index in [9.17, 15) is 13.2 Å². The molecule has 2 aromatic rings. The normalized spacial score (nSPS) is 18.2. The Morgan fingerprint density at radius 1 is 1.38 bits per heavy atom. The first-order valence-corrected chi connectivity index (χ1v) is 11.6. The third-order valence-electron chi connectivity index (χ3n) is 3.83. The molecule has 1 amide bonds. The predicted octanol–water partition coefficient (Wildman–Crippen LogP) is 3.10. The second-order valence-electron chi connectivity index (χ2n) is 5.52. The molecule has 140 valence electrons. The summed E-state index contributed by atoms with van der Waals surface area (Å²) in [6.45, 7) is 2.30. The number of aromatic nitrogens is 2. The van der Waals surface area contributed by atoms with Crippen LogP contribution in [0.1, 0.15) is 19.8 Å². The molecule has 1 aromatic heterocycles. The number of rotatable bonds is 6. The Morgan fingerprint density at radius 2 is 2.12 bits per heavy atom. The van der Waals surface area contributed by atoms with E-state index in [0.29, 0.717) is 29.5 Å². The van der Waals surface area contributed by atoms with Crippen molar-refractivity contribution < 1.29 is 13.2 Å². The zero-order valence-electron chi connectivity index (χ0n) is 13.9. The van der Waals surface area contributed by atoms with Crippen LogP contribution in [0.5, 0.6) is 0 Å². The number of nitrogens with one attached hydrogen (secondary N) is 1. The number of carbonyl (C=O) groups excluding carboxylic acids is 1. The second kappa shape index (κ2) is 8.22. The van der Waals surface area contributed by atoms with Crippen LogP contribution in [-0.4, -0.2) is 47.2 Å². The van der Waals surface area contributed by atoms with E-state index in [0.717, 1.165) is 10.1 Å². The molecular weight excluding hydrogens is 416 g/mol. The first-order chi connectivity index (χ1) is 12.4. The molecule has 0 radical (unpaired) electrons. The standard InChI is InChI=1S/C15H17ClN4O3S3/c1-2-24-15-19-18-14(25-15)17-13(21)12-4-3-9-20(12)26(22,23)11-7-5-10(16)6-8-11/h5-8,12H,2-4,9H2,1H3,(H,17,18,21)/t12-/m1/s1. The molecule has 1 N–H and O–H groups in total. The highest BCUT2D eigenvalue weighted by Gasteiger charge is 2.39. The summed E-state index contributed by atoms with van der Waals surface area (Å²) in [7, 11) is -3.77. The Hall–Kier alpha value is -1.20. The van der Waals surface area contributed by atoms with Crippen molar-refractivity contribution in [2.45, 2.75) is 35.0 Å². The molecule has 0 saturated carbocycles. The van der Waals surface area contributed by atoms with Gasteiger partial charge in [0, 0.05) is 11.6 Å². The van der Waals surface area contributed by atoms with Gasteiger partial charge < -0.3 is 0 Å². The molecular formula is C15H17ClN4O3S3. The molecule has 3 rings (SSSR count). The smallest absolute Gasteiger partial charge is 0.244 e. The maximum absolute atomic E-state index is 12.9. The number of benzene rings is 1. The molecule has 26 heavy (non-hydrogen) atoms. The van der Waals surface area contributed by atoms with E-state index in [4.69, 9.17) is 11.6 Å². The number of thioether (sulfide) groups is 1. The van der Waals surface area contributed by atoms with Crippen LogP contribution in [0.15, 0.2) is 33.5 Å². The second-order valence-corrected chi connectivity index (χ2v) is 10.3. The van der Waals surface area contributed by atoms with Gasteiger partial charge in [0.2, 0.25) is 21.1 Å². The minimum absolute atomic E-state index is 0.124. The maximum Gasteiger partial charge on any atom is 0.244 e. The van der Waals surface area contributed by atoms with E-state index in [1.165, 1.54) is 51.7 Å². The highest BCUT2D eigenvalue weighted by molar-refractivity contribution is 8.01. The lowest BCUT2D eigenvalue weighted by Crippen LogP contribution is -2.43. The number of halogens is 1. The van der Waals surface area contributed by atoms with Gasteiger partial charge in [-0.05, 0) is 42.9 Å². The monoisotopic (exact) mass is 432 g/mol. The van der Waals surface area contributed by atoms with Crippen LogP contribution < -0.4 is 5.32 Å². The van der Waals surface area contributed by atoms with Gasteiger partial charge in [-0.15, -0.1) is 10.2 Å². The average Bonchev–Trinajstić information content (AvgIpc) is 3.25. The van der Waals surface area contributed by atoms with Crippen molar-refractivity contribution in [1.82, 2.24) is 14.5 Å². The summed E-state index contributed by atoms with van der Waals surface area (Å²) in [4.78, 5) is 12.7. The first kappa shape index (κ1) is 19.6. The number of hydrogen-bond donors (Lipinski definition) is 1. The molecule has 1 atom stereocenters. The van der Waals surface area contributed by atoms with Crippen LogP contribution in [0.2, 0.25) is 5.02 Å². The number of hydrogen-bond acceptors (Lipinski definition) is 7. The van der Waals surface area contributed by atoms with Crippen molar-refractivity contribution in [1.29, 1.82) is 0 Å². The Bertz CT molecular complexity index is 886. The molecule has 11 heteroatoms. The lowest BCUT2D eigenvalue weighted by molar-refractivity contribution is -0.119. The van der Waals surface area contributed by atoms with Crippen molar-refractivity contribution in [3.05, 3.63) is 29.3 Å². The summed E-state index contributed by atoms with van der Waals surface area (Å²) >= 11 is 8.64. The summed E-state index contributed by atoms with van der Waals surface area (Å²) in [6, 6.07) is 5.18. The summed E-state index contributed by atoms with van der Waals surface area (Å²) in [6.07, 6.45) is 1.09. The van der Waals surface area contributed by atoms with Crippen LogP contribution in [0.25, 0.3) is 0 Å². The Kier molecular flexibility index (Phi) is 6.18. The lowest BCUT2D eigenvalue weighted by Gasteiger charge is -2.23. The van der Waals surface area contributed by atoms with E-state index in [2.05, 4.69) is 15.5 Å². The van der Waals surface area contributed by atoms with Gasteiger partial charge in [-0.25, -0.2) is 8.42 Å². The minimum atomic E-state index is -3.77. The topological polar surface area (TPSA) is 92.3 Å². The molecule has 0 spiro atoms. The van der Waals surface area contributed by atoms with E-state index in [-0.39, 0.29) is 10.8 Å². The summed E-state index contributed by atoms with van der Waals surface area (Å²) in [5.41, 5.74) is 0. The largest absolute Gasteiger partial charge is 0.299 e. The Labute approximate surface area is 165 Å². The number of carbonyl (C=O) groups is 1. The summed E-state index contributed by atoms with van der Waals surface area (Å²) in [5.74, 6) is 0.474. The van der Waals surface area contributed by atoms with Gasteiger partial charge in [0.25, 0.3) is 0 Å². The molecule has 0 unspecified atom stereocenters. The summed E-state index contributed by atoms with van der Waals surface area (Å²) in [5, 5.41) is 11.4. The fourth-order valence-corrected chi connectivity index (χ4v) is 6.10. The first-order valence-electron chi connectivity index (χ1n) is 7.96. The SMILES string of the molecule is CCSc1nnc(NC(=O)[C@H]2CCCN2S(=O)(=O)c2ccc(Cl)cc2)s1. The third-order valence-corrected chi connectivity index (χ3v) is 7.86. The van der Waals surface area contributed by atoms with Gasteiger partial charge in [-0.2, -0.15) is 4.31 Å². The third kappa shape index (κ3) is 4.20. The molecule has 7 nitrogen and oxygen atoms in total. The van der Waals surface area contributed by atoms with Gasteiger partial charge in [-0.1, -0.05) is 41.6 Å². The van der Waals surface area contributed by atoms with E-state index in [1.807, 2.05) is 6.92 Å². The van der Waals surface area contributed by atoms with Crippen molar-refractivity contribution in [2.24, 2.45) is 0 Å². The van der Waals surface area contributed by atoms with Crippen LogP contribution in [-0.2, 0) is 14.8 Å². The fraction of sp³-hybridized carbons (Fsp3) is 0.400. The molecule has 0 bridgehead atoms.